The fraction of sp³-hybridized carbons (Fsp3) is 0.375. The number of nitrogens with one attached hydrogen (secondary N) is 2. The lowest BCUT2D eigenvalue weighted by atomic mass is 9.95. The summed E-state index contributed by atoms with van der Waals surface area (Å²) in [4.78, 5) is 37.0. The Morgan fingerprint density at radius 3 is 1.97 bits per heavy atom. The number of alkyl carbamates (subject to hydrolysis) is 1. The minimum Gasteiger partial charge on any atom is -0.445 e. The molecule has 2 aromatic carbocycles. The zero-order valence-corrected chi connectivity index (χ0v) is 18.4. The fourth-order valence-corrected chi connectivity index (χ4v) is 2.75. The highest BCUT2D eigenvalue weighted by Crippen LogP contribution is 2.21. The van der Waals surface area contributed by atoms with Gasteiger partial charge in [-0.25, -0.2) is 4.79 Å². The molecule has 6 nitrogen and oxygen atoms in total. The zero-order chi connectivity index (χ0) is 23.8. The van der Waals surface area contributed by atoms with Crippen molar-refractivity contribution >= 4 is 17.8 Å². The summed E-state index contributed by atoms with van der Waals surface area (Å²) in [5, 5.41) is 4.31. The van der Waals surface area contributed by atoms with Gasteiger partial charge < -0.3 is 15.4 Å². The molecule has 0 aliphatic rings. The SMILES string of the molecule is CC(C)(C)CNC(=O)C(F)(F)C(=O)[C@H](Cc1ccccc1)NC(=O)OCc1ccccc1. The predicted octanol–water partition coefficient (Wildman–Crippen LogP) is 3.89. The molecule has 8 heteroatoms. The number of hydrogen-bond acceptors (Lipinski definition) is 4. The molecule has 1 atom stereocenters. The molecule has 0 aromatic heterocycles. The van der Waals surface area contributed by atoms with Gasteiger partial charge in [0.1, 0.15) is 12.6 Å². The maximum Gasteiger partial charge on any atom is 0.408 e. The first-order valence-corrected chi connectivity index (χ1v) is 10.2. The Labute approximate surface area is 186 Å². The van der Waals surface area contributed by atoms with E-state index in [4.69, 9.17) is 4.74 Å². The second-order valence-electron chi connectivity index (χ2n) is 8.63. The van der Waals surface area contributed by atoms with Crippen LogP contribution in [0.1, 0.15) is 31.9 Å². The summed E-state index contributed by atoms with van der Waals surface area (Å²) in [5.41, 5.74) is 0.790. The quantitative estimate of drug-likeness (QED) is 0.573. The molecule has 0 aliphatic heterocycles. The molecule has 32 heavy (non-hydrogen) atoms. The van der Waals surface area contributed by atoms with Gasteiger partial charge in [0.05, 0.1) is 0 Å². The smallest absolute Gasteiger partial charge is 0.408 e. The van der Waals surface area contributed by atoms with E-state index in [0.29, 0.717) is 11.1 Å². The molecule has 2 amide bonds. The standard InChI is InChI=1S/C24H28F2N2O4/c1-23(2,3)16-27-21(30)24(25,26)20(29)19(14-17-10-6-4-7-11-17)28-22(31)32-15-18-12-8-5-9-13-18/h4-13,19H,14-16H2,1-3H3,(H,27,30)(H,28,31)/t19-/m0/s1. The lowest BCUT2D eigenvalue weighted by molar-refractivity contribution is -0.159. The molecular weight excluding hydrogens is 418 g/mol. The summed E-state index contributed by atoms with van der Waals surface area (Å²) in [6, 6.07) is 15.5. The van der Waals surface area contributed by atoms with Crippen molar-refractivity contribution in [2.24, 2.45) is 5.41 Å². The van der Waals surface area contributed by atoms with E-state index < -0.39 is 35.2 Å². The van der Waals surface area contributed by atoms with Crippen LogP contribution in [0.15, 0.2) is 60.7 Å². The second kappa shape index (κ2) is 10.8. The molecule has 0 saturated heterocycles. The van der Waals surface area contributed by atoms with Crippen molar-refractivity contribution in [1.29, 1.82) is 0 Å². The van der Waals surface area contributed by atoms with Crippen molar-refractivity contribution < 1.29 is 27.9 Å². The molecule has 0 saturated carbocycles. The van der Waals surface area contributed by atoms with Crippen LogP contribution < -0.4 is 10.6 Å². The Morgan fingerprint density at radius 1 is 0.906 bits per heavy atom. The number of hydrogen-bond donors (Lipinski definition) is 2. The first kappa shape index (κ1) is 25.0. The number of benzene rings is 2. The number of halogens is 2. The van der Waals surface area contributed by atoms with Crippen LogP contribution in [0.25, 0.3) is 0 Å². The maximum atomic E-state index is 14.7. The summed E-state index contributed by atoms with van der Waals surface area (Å²) in [5.74, 6) is -7.73. The Kier molecular flexibility index (Phi) is 8.46. The molecule has 0 bridgehead atoms. The highest BCUT2D eigenvalue weighted by Gasteiger charge is 2.50. The molecule has 0 radical (unpaired) electrons. The topological polar surface area (TPSA) is 84.5 Å². The van der Waals surface area contributed by atoms with Crippen molar-refractivity contribution in [3.63, 3.8) is 0 Å². The highest BCUT2D eigenvalue weighted by atomic mass is 19.3. The number of alkyl halides is 2. The minimum atomic E-state index is -4.32. The van der Waals surface area contributed by atoms with Crippen molar-refractivity contribution in [3.8, 4) is 0 Å². The Morgan fingerprint density at radius 2 is 1.44 bits per heavy atom. The molecule has 2 N–H and O–H groups in total. The number of ketones is 1. The molecule has 0 heterocycles. The van der Waals surface area contributed by atoms with Crippen LogP contribution in [0.3, 0.4) is 0 Å². The minimum absolute atomic E-state index is 0.0371. The molecule has 2 rings (SSSR count). The predicted molar refractivity (Wildman–Crippen MR) is 116 cm³/mol. The molecule has 0 aliphatic carbocycles. The van der Waals surface area contributed by atoms with Gasteiger partial charge in [-0.1, -0.05) is 81.4 Å². The van der Waals surface area contributed by atoms with Crippen LogP contribution in [0.2, 0.25) is 0 Å². The largest absolute Gasteiger partial charge is 0.445 e. The monoisotopic (exact) mass is 446 g/mol. The van der Waals surface area contributed by atoms with Crippen molar-refractivity contribution in [1.82, 2.24) is 10.6 Å². The second-order valence-corrected chi connectivity index (χ2v) is 8.63. The van der Waals surface area contributed by atoms with Gasteiger partial charge in [0, 0.05) is 13.0 Å². The average molecular weight is 446 g/mol. The van der Waals surface area contributed by atoms with E-state index in [9.17, 15) is 23.2 Å². The molecular formula is C24H28F2N2O4. The van der Waals surface area contributed by atoms with E-state index in [1.807, 2.05) is 0 Å². The number of amides is 2. The summed E-state index contributed by atoms with van der Waals surface area (Å²) >= 11 is 0. The Bertz CT molecular complexity index is 913. The van der Waals surface area contributed by atoms with Gasteiger partial charge in [0.2, 0.25) is 5.78 Å². The van der Waals surface area contributed by atoms with Gasteiger partial charge >= 0.3 is 12.0 Å². The lowest BCUT2D eigenvalue weighted by Gasteiger charge is -2.24. The van der Waals surface area contributed by atoms with E-state index in [1.54, 1.807) is 81.4 Å². The molecule has 0 fully saturated rings. The van der Waals surface area contributed by atoms with Crippen LogP contribution in [-0.2, 0) is 27.4 Å². The number of carbonyl (C=O) groups excluding carboxylic acids is 3. The van der Waals surface area contributed by atoms with Gasteiger partial charge in [-0.05, 0) is 16.5 Å². The van der Waals surface area contributed by atoms with E-state index in [-0.39, 0.29) is 19.6 Å². The molecule has 172 valence electrons. The van der Waals surface area contributed by atoms with Crippen LogP contribution in [0.5, 0.6) is 0 Å². The van der Waals surface area contributed by atoms with E-state index in [2.05, 4.69) is 10.6 Å². The van der Waals surface area contributed by atoms with Gasteiger partial charge in [0.15, 0.2) is 0 Å². The van der Waals surface area contributed by atoms with E-state index in [0.717, 1.165) is 0 Å². The summed E-state index contributed by atoms with van der Waals surface area (Å²) < 4.78 is 34.4. The highest BCUT2D eigenvalue weighted by molar-refractivity contribution is 6.10. The first-order valence-electron chi connectivity index (χ1n) is 10.2. The fourth-order valence-electron chi connectivity index (χ4n) is 2.75. The lowest BCUT2D eigenvalue weighted by Crippen LogP contribution is -2.56. The third kappa shape index (κ3) is 7.76. The van der Waals surface area contributed by atoms with Gasteiger partial charge in [-0.2, -0.15) is 8.78 Å². The van der Waals surface area contributed by atoms with Gasteiger partial charge in [-0.15, -0.1) is 0 Å². The normalized spacial score (nSPS) is 12.5. The number of rotatable bonds is 9. The van der Waals surface area contributed by atoms with Gasteiger partial charge in [-0.3, -0.25) is 9.59 Å². The number of Topliss-reactive ketones (excluding diaryl/α,β-unsaturated/α-hetero) is 1. The summed E-state index contributed by atoms with van der Waals surface area (Å²) in [6.45, 7) is 5.15. The zero-order valence-electron chi connectivity index (χ0n) is 18.4. The van der Waals surface area contributed by atoms with Crippen molar-refractivity contribution in [2.75, 3.05) is 6.54 Å². The summed E-state index contributed by atoms with van der Waals surface area (Å²) in [6.07, 6.45) is -1.25. The Hall–Kier alpha value is -3.29. The van der Waals surface area contributed by atoms with E-state index >= 15 is 0 Å². The third-order valence-electron chi connectivity index (χ3n) is 4.48. The third-order valence-corrected chi connectivity index (χ3v) is 4.48. The molecule has 2 aromatic rings. The van der Waals surface area contributed by atoms with Crippen LogP contribution in [-0.4, -0.2) is 36.3 Å². The van der Waals surface area contributed by atoms with Crippen molar-refractivity contribution in [3.05, 3.63) is 71.8 Å². The molecule has 0 spiro atoms. The number of carbonyl (C=O) groups is 3. The van der Waals surface area contributed by atoms with Crippen molar-refractivity contribution in [2.45, 2.75) is 45.8 Å². The molecule has 0 unspecified atom stereocenters. The van der Waals surface area contributed by atoms with Gasteiger partial charge in [0.25, 0.3) is 5.91 Å². The van der Waals surface area contributed by atoms with E-state index in [1.165, 1.54) is 0 Å². The van der Waals surface area contributed by atoms with Crippen LogP contribution in [0.4, 0.5) is 13.6 Å². The number of ether oxygens (including phenoxy) is 1. The summed E-state index contributed by atoms with van der Waals surface area (Å²) in [7, 11) is 0. The first-order chi connectivity index (χ1) is 15.0. The Balaban J connectivity index is 2.13. The van der Waals surface area contributed by atoms with Crippen LogP contribution in [0, 0.1) is 5.41 Å². The van der Waals surface area contributed by atoms with Crippen LogP contribution >= 0.6 is 0 Å². The maximum absolute atomic E-state index is 14.7. The average Bonchev–Trinajstić information content (AvgIpc) is 2.76.